The van der Waals surface area contributed by atoms with E-state index in [1.54, 1.807) is 4.90 Å². The number of nitrogens with zero attached hydrogens (tertiary/aromatic N) is 3. The Morgan fingerprint density at radius 2 is 2.03 bits per heavy atom. The number of amides is 2. The topological polar surface area (TPSA) is 85.7 Å². The highest BCUT2D eigenvalue weighted by atomic mass is 79.9. The van der Waals surface area contributed by atoms with E-state index in [0.29, 0.717) is 31.7 Å². The molecule has 1 unspecified atom stereocenters. The molecule has 33 heavy (non-hydrogen) atoms. The van der Waals surface area contributed by atoms with E-state index < -0.39 is 5.60 Å². The Bertz CT molecular complexity index is 1030. The molecule has 0 spiro atoms. The Morgan fingerprint density at radius 3 is 2.70 bits per heavy atom. The van der Waals surface area contributed by atoms with Crippen molar-refractivity contribution < 1.29 is 19.1 Å². The summed E-state index contributed by atoms with van der Waals surface area (Å²) in [5, 5.41) is 8.65. The molecule has 1 aromatic heterocycles. The summed E-state index contributed by atoms with van der Waals surface area (Å²) in [6, 6.07) is 5.80. The SMILES string of the molecule is C[C@H]1C[C@H](NC(=O)c2nn(C3CCCCO3)c3ccc(Br)cc23)CCN1C(=O)OC(C)(C)C. The first-order chi connectivity index (χ1) is 15.6. The summed E-state index contributed by atoms with van der Waals surface area (Å²) >= 11 is 3.52. The van der Waals surface area contributed by atoms with Gasteiger partial charge in [-0.15, -0.1) is 0 Å². The maximum atomic E-state index is 13.3. The maximum Gasteiger partial charge on any atom is 0.410 e. The normalized spacial score (nSPS) is 24.0. The average molecular weight is 521 g/mol. The van der Waals surface area contributed by atoms with Crippen molar-refractivity contribution in [3.8, 4) is 0 Å². The molecule has 2 aliphatic heterocycles. The third-order valence-electron chi connectivity index (χ3n) is 6.15. The number of likely N-dealkylation sites (tertiary alicyclic amines) is 1. The Morgan fingerprint density at radius 1 is 1.24 bits per heavy atom. The van der Waals surface area contributed by atoms with Crippen LogP contribution in [0, 0.1) is 0 Å². The van der Waals surface area contributed by atoms with Crippen LogP contribution >= 0.6 is 15.9 Å². The molecule has 4 rings (SSSR count). The monoisotopic (exact) mass is 520 g/mol. The number of hydrogen-bond donors (Lipinski definition) is 1. The van der Waals surface area contributed by atoms with Gasteiger partial charge in [0.15, 0.2) is 11.9 Å². The molecule has 0 aliphatic carbocycles. The molecule has 2 aromatic rings. The van der Waals surface area contributed by atoms with Crippen LogP contribution in [0.2, 0.25) is 0 Å². The van der Waals surface area contributed by atoms with Gasteiger partial charge in [0, 0.05) is 35.1 Å². The van der Waals surface area contributed by atoms with Gasteiger partial charge in [-0.2, -0.15) is 5.10 Å². The van der Waals surface area contributed by atoms with E-state index >= 15 is 0 Å². The van der Waals surface area contributed by atoms with Crippen LogP contribution in [-0.4, -0.2) is 57.5 Å². The second kappa shape index (κ2) is 9.62. The lowest BCUT2D eigenvalue weighted by Gasteiger charge is -2.38. The maximum absolute atomic E-state index is 13.3. The largest absolute Gasteiger partial charge is 0.444 e. The number of nitrogens with one attached hydrogen (secondary N) is 1. The zero-order chi connectivity index (χ0) is 23.8. The Hall–Kier alpha value is -2.13. The Kier molecular flexibility index (Phi) is 7.00. The number of carbonyl (C=O) groups excluding carboxylic acids is 2. The van der Waals surface area contributed by atoms with Gasteiger partial charge < -0.3 is 19.7 Å². The van der Waals surface area contributed by atoms with E-state index in [1.807, 2.05) is 50.6 Å². The number of rotatable bonds is 3. The van der Waals surface area contributed by atoms with E-state index in [1.165, 1.54) is 0 Å². The molecule has 0 bridgehead atoms. The third kappa shape index (κ3) is 5.51. The van der Waals surface area contributed by atoms with Crippen LogP contribution in [0.4, 0.5) is 4.79 Å². The van der Waals surface area contributed by atoms with Crippen molar-refractivity contribution in [3.05, 3.63) is 28.4 Å². The lowest BCUT2D eigenvalue weighted by Crippen LogP contribution is -2.52. The fourth-order valence-electron chi connectivity index (χ4n) is 4.57. The van der Waals surface area contributed by atoms with E-state index in [0.717, 1.165) is 34.6 Å². The van der Waals surface area contributed by atoms with Crippen LogP contribution in [0.25, 0.3) is 10.9 Å². The first-order valence-corrected chi connectivity index (χ1v) is 12.5. The van der Waals surface area contributed by atoms with Gasteiger partial charge in [0.05, 0.1) is 5.52 Å². The van der Waals surface area contributed by atoms with Crippen molar-refractivity contribution in [2.24, 2.45) is 0 Å². The molecule has 2 amide bonds. The quantitative estimate of drug-likeness (QED) is 0.614. The van der Waals surface area contributed by atoms with Gasteiger partial charge in [-0.25, -0.2) is 9.48 Å². The molecule has 2 fully saturated rings. The van der Waals surface area contributed by atoms with Crippen molar-refractivity contribution >= 4 is 38.8 Å². The van der Waals surface area contributed by atoms with Crippen LogP contribution in [0.15, 0.2) is 22.7 Å². The number of benzene rings is 1. The van der Waals surface area contributed by atoms with Crippen molar-refractivity contribution in [1.82, 2.24) is 20.0 Å². The molecule has 1 aromatic carbocycles. The predicted octanol–water partition coefficient (Wildman–Crippen LogP) is 5.02. The highest BCUT2D eigenvalue weighted by Crippen LogP contribution is 2.30. The number of halogens is 1. The van der Waals surface area contributed by atoms with E-state index in [4.69, 9.17) is 14.6 Å². The van der Waals surface area contributed by atoms with Crippen LogP contribution in [-0.2, 0) is 9.47 Å². The highest BCUT2D eigenvalue weighted by molar-refractivity contribution is 9.10. The summed E-state index contributed by atoms with van der Waals surface area (Å²) in [6.07, 6.45) is 3.90. The highest BCUT2D eigenvalue weighted by Gasteiger charge is 2.33. The number of carbonyl (C=O) groups is 2. The zero-order valence-corrected chi connectivity index (χ0v) is 21.4. The lowest BCUT2D eigenvalue weighted by molar-refractivity contribution is -0.0368. The molecule has 2 saturated heterocycles. The molecule has 3 heterocycles. The average Bonchev–Trinajstić information content (AvgIpc) is 3.12. The van der Waals surface area contributed by atoms with E-state index in [-0.39, 0.29) is 30.3 Å². The minimum atomic E-state index is -0.530. The second-order valence-corrected chi connectivity index (χ2v) is 10.9. The van der Waals surface area contributed by atoms with Crippen molar-refractivity contribution in [3.63, 3.8) is 0 Å². The Labute approximate surface area is 203 Å². The lowest BCUT2D eigenvalue weighted by atomic mass is 9.98. The van der Waals surface area contributed by atoms with Gasteiger partial charge in [0.25, 0.3) is 5.91 Å². The fourth-order valence-corrected chi connectivity index (χ4v) is 4.93. The molecular formula is C24H33BrN4O4. The zero-order valence-electron chi connectivity index (χ0n) is 19.8. The second-order valence-electron chi connectivity index (χ2n) is 9.99. The van der Waals surface area contributed by atoms with Gasteiger partial charge in [0.2, 0.25) is 0 Å². The fraction of sp³-hybridized carbons (Fsp3) is 0.625. The number of fused-ring (bicyclic) bond motifs is 1. The molecule has 3 atom stereocenters. The van der Waals surface area contributed by atoms with Crippen molar-refractivity contribution in [2.75, 3.05) is 13.2 Å². The minimum Gasteiger partial charge on any atom is -0.444 e. The van der Waals surface area contributed by atoms with Crippen molar-refractivity contribution in [1.29, 1.82) is 0 Å². The van der Waals surface area contributed by atoms with E-state index in [9.17, 15) is 9.59 Å². The molecule has 8 nitrogen and oxygen atoms in total. The smallest absolute Gasteiger partial charge is 0.410 e. The first-order valence-electron chi connectivity index (χ1n) is 11.7. The van der Waals surface area contributed by atoms with Gasteiger partial charge >= 0.3 is 6.09 Å². The number of piperidine rings is 1. The third-order valence-corrected chi connectivity index (χ3v) is 6.64. The summed E-state index contributed by atoms with van der Waals surface area (Å²) in [5.74, 6) is -0.199. The number of aromatic nitrogens is 2. The minimum absolute atomic E-state index is 0.0296. The summed E-state index contributed by atoms with van der Waals surface area (Å²) in [4.78, 5) is 27.5. The van der Waals surface area contributed by atoms with Gasteiger partial charge in [-0.3, -0.25) is 4.79 Å². The number of hydrogen-bond acceptors (Lipinski definition) is 5. The standard InChI is InChI=1S/C24H33BrN4O4/c1-15-13-17(10-11-28(15)23(31)33-24(2,3)4)26-22(30)21-18-14-16(25)8-9-19(18)29(27-21)20-7-5-6-12-32-20/h8-9,14-15,17,20H,5-7,10-13H2,1-4H3,(H,26,30)/t15-,17+,20?/m0/s1. The molecule has 0 saturated carbocycles. The van der Waals surface area contributed by atoms with Gasteiger partial charge in [-0.1, -0.05) is 15.9 Å². The number of ether oxygens (including phenoxy) is 2. The molecule has 0 radical (unpaired) electrons. The molecule has 180 valence electrons. The van der Waals surface area contributed by atoms with Gasteiger partial charge in [0.1, 0.15) is 5.60 Å². The van der Waals surface area contributed by atoms with Crippen LogP contribution in [0.3, 0.4) is 0 Å². The van der Waals surface area contributed by atoms with Crippen LogP contribution in [0.1, 0.15) is 76.5 Å². The molecule has 2 aliphatic rings. The van der Waals surface area contributed by atoms with Gasteiger partial charge in [-0.05, 0) is 78.0 Å². The summed E-state index contributed by atoms with van der Waals surface area (Å²) in [7, 11) is 0. The van der Waals surface area contributed by atoms with E-state index in [2.05, 4.69) is 21.2 Å². The molecular weight excluding hydrogens is 488 g/mol. The summed E-state index contributed by atoms with van der Waals surface area (Å²) in [6.45, 7) is 8.83. The molecule has 1 N–H and O–H groups in total. The summed E-state index contributed by atoms with van der Waals surface area (Å²) < 4.78 is 14.2. The molecule has 9 heteroatoms. The van der Waals surface area contributed by atoms with Crippen molar-refractivity contribution in [2.45, 2.75) is 83.7 Å². The summed E-state index contributed by atoms with van der Waals surface area (Å²) in [5.41, 5.74) is 0.768. The Balaban J connectivity index is 1.48. The predicted molar refractivity (Wildman–Crippen MR) is 129 cm³/mol. The van der Waals surface area contributed by atoms with Crippen LogP contribution in [0.5, 0.6) is 0 Å². The van der Waals surface area contributed by atoms with Crippen LogP contribution < -0.4 is 5.32 Å². The first kappa shape index (κ1) is 24.0.